The zero-order valence-electron chi connectivity index (χ0n) is 10.3. The highest BCUT2D eigenvalue weighted by molar-refractivity contribution is 7.94. The number of amides is 1. The molecule has 1 aliphatic rings. The Morgan fingerprint density at radius 2 is 2.17 bits per heavy atom. The summed E-state index contributed by atoms with van der Waals surface area (Å²) in [7, 11) is -3.46. The quantitative estimate of drug-likeness (QED) is 0.781. The van der Waals surface area contributed by atoms with Crippen LogP contribution in [-0.4, -0.2) is 36.5 Å². The lowest BCUT2D eigenvalue weighted by Gasteiger charge is -2.43. The fraction of sp³-hybridized carbons (Fsp3) is 0.545. The van der Waals surface area contributed by atoms with Gasteiger partial charge in [0.15, 0.2) is 4.75 Å². The topological polar surface area (TPSA) is 79.6 Å². The minimum Gasteiger partial charge on any atom is -0.472 e. The van der Waals surface area contributed by atoms with Crippen LogP contribution >= 0.6 is 0 Å². The molecule has 1 aliphatic heterocycles. The highest BCUT2D eigenvalue weighted by Gasteiger charge is 2.59. The Hall–Kier alpha value is -1.34. The van der Waals surface area contributed by atoms with E-state index in [9.17, 15) is 13.2 Å². The summed E-state index contributed by atoms with van der Waals surface area (Å²) >= 11 is 0. The number of carbonyl (C=O) groups excluding carboxylic acids is 1. The molecule has 18 heavy (non-hydrogen) atoms. The molecular weight excluding hydrogens is 256 g/mol. The van der Waals surface area contributed by atoms with E-state index < -0.39 is 14.8 Å². The molecule has 0 aromatic carbocycles. The van der Waals surface area contributed by atoms with Crippen molar-refractivity contribution in [1.82, 2.24) is 9.62 Å². The van der Waals surface area contributed by atoms with E-state index in [1.807, 2.05) is 6.07 Å². The number of nitrogens with zero attached hydrogens (tertiary/aromatic N) is 1. The Morgan fingerprint density at radius 1 is 1.44 bits per heavy atom. The lowest BCUT2D eigenvalue weighted by atomic mass is 10.2. The third-order valence-electron chi connectivity index (χ3n) is 3.08. The van der Waals surface area contributed by atoms with Crippen LogP contribution < -0.4 is 5.32 Å². The summed E-state index contributed by atoms with van der Waals surface area (Å²) in [6.07, 6.45) is 3.19. The van der Waals surface area contributed by atoms with Gasteiger partial charge < -0.3 is 9.73 Å². The standard InChI is InChI=1S/C11H16N2O4S/c1-11(2)10(14)13(18(11,15)16)5-4-12-7-9-3-6-17-8-9/h3,6,8,12H,4-5,7H2,1-2H3. The van der Waals surface area contributed by atoms with E-state index in [4.69, 9.17) is 4.42 Å². The monoisotopic (exact) mass is 272 g/mol. The zero-order chi connectivity index (χ0) is 13.4. The van der Waals surface area contributed by atoms with Crippen LogP contribution in [0.3, 0.4) is 0 Å². The highest BCUT2D eigenvalue weighted by Crippen LogP contribution is 2.34. The lowest BCUT2D eigenvalue weighted by molar-refractivity contribution is -0.132. The van der Waals surface area contributed by atoms with Gasteiger partial charge in [-0.25, -0.2) is 12.7 Å². The molecule has 0 unspecified atom stereocenters. The van der Waals surface area contributed by atoms with Crippen molar-refractivity contribution < 1.29 is 17.6 Å². The van der Waals surface area contributed by atoms with E-state index >= 15 is 0 Å². The highest BCUT2D eigenvalue weighted by atomic mass is 32.2. The smallest absolute Gasteiger partial charge is 0.258 e. The molecule has 0 saturated carbocycles. The number of nitrogens with one attached hydrogen (secondary N) is 1. The van der Waals surface area contributed by atoms with Crippen molar-refractivity contribution in [3.05, 3.63) is 24.2 Å². The SMILES string of the molecule is CC1(C)C(=O)N(CCNCc2ccoc2)S1(=O)=O. The second-order valence-electron chi connectivity index (χ2n) is 4.70. The Labute approximate surface area is 106 Å². The molecule has 1 saturated heterocycles. The third-order valence-corrected chi connectivity index (χ3v) is 5.47. The molecule has 6 nitrogen and oxygen atoms in total. The molecule has 0 aliphatic carbocycles. The minimum atomic E-state index is -3.46. The van der Waals surface area contributed by atoms with Crippen LogP contribution in [0.5, 0.6) is 0 Å². The van der Waals surface area contributed by atoms with Gasteiger partial charge in [0, 0.05) is 25.2 Å². The second kappa shape index (κ2) is 4.40. The average Bonchev–Trinajstić information content (AvgIpc) is 2.80. The summed E-state index contributed by atoms with van der Waals surface area (Å²) in [5, 5.41) is 3.05. The first kappa shape index (κ1) is 13.1. The van der Waals surface area contributed by atoms with Gasteiger partial charge in [0.1, 0.15) is 0 Å². The van der Waals surface area contributed by atoms with Crippen LogP contribution in [0.1, 0.15) is 19.4 Å². The van der Waals surface area contributed by atoms with Crippen molar-refractivity contribution in [3.63, 3.8) is 0 Å². The van der Waals surface area contributed by atoms with Gasteiger partial charge in [0.2, 0.25) is 0 Å². The number of hydrogen-bond donors (Lipinski definition) is 1. The second-order valence-corrected chi connectivity index (χ2v) is 7.11. The summed E-state index contributed by atoms with van der Waals surface area (Å²) in [5.41, 5.74) is 0.980. The maximum absolute atomic E-state index is 11.8. The number of hydrogen-bond acceptors (Lipinski definition) is 5. The Morgan fingerprint density at radius 3 is 2.72 bits per heavy atom. The predicted molar refractivity (Wildman–Crippen MR) is 65.1 cm³/mol. The van der Waals surface area contributed by atoms with Crippen LogP contribution in [0.4, 0.5) is 0 Å². The molecule has 0 atom stereocenters. The van der Waals surface area contributed by atoms with E-state index in [0.29, 0.717) is 13.1 Å². The van der Waals surface area contributed by atoms with Gasteiger partial charge in [-0.15, -0.1) is 0 Å². The van der Waals surface area contributed by atoms with Crippen molar-refractivity contribution in [2.24, 2.45) is 0 Å². The fourth-order valence-corrected chi connectivity index (χ4v) is 3.31. The zero-order valence-corrected chi connectivity index (χ0v) is 11.2. The summed E-state index contributed by atoms with van der Waals surface area (Å²) in [6, 6.07) is 1.82. The van der Waals surface area contributed by atoms with Crippen molar-refractivity contribution in [2.75, 3.05) is 13.1 Å². The van der Waals surface area contributed by atoms with Crippen LogP contribution in [0.25, 0.3) is 0 Å². The van der Waals surface area contributed by atoms with E-state index in [-0.39, 0.29) is 12.5 Å². The van der Waals surface area contributed by atoms with E-state index in [1.54, 1.807) is 12.5 Å². The van der Waals surface area contributed by atoms with E-state index in [0.717, 1.165) is 9.87 Å². The van der Waals surface area contributed by atoms with E-state index in [2.05, 4.69) is 5.32 Å². The summed E-state index contributed by atoms with van der Waals surface area (Å²) in [5.74, 6) is -0.340. The van der Waals surface area contributed by atoms with Crippen LogP contribution in [0.15, 0.2) is 23.0 Å². The molecule has 1 aromatic rings. The minimum absolute atomic E-state index is 0.169. The molecule has 1 amide bonds. The van der Waals surface area contributed by atoms with Crippen LogP contribution in [0.2, 0.25) is 0 Å². The van der Waals surface area contributed by atoms with E-state index in [1.165, 1.54) is 13.8 Å². The first-order chi connectivity index (χ1) is 8.37. The Balaban J connectivity index is 1.80. The number of furan rings is 1. The molecule has 2 heterocycles. The molecule has 0 bridgehead atoms. The number of carbonyl (C=O) groups is 1. The molecular formula is C11H16N2O4S. The summed E-state index contributed by atoms with van der Waals surface area (Å²) < 4.78 is 28.1. The number of rotatable bonds is 5. The molecule has 1 aromatic heterocycles. The normalized spacial score (nSPS) is 20.8. The summed E-state index contributed by atoms with van der Waals surface area (Å²) in [4.78, 5) is 11.6. The largest absolute Gasteiger partial charge is 0.472 e. The fourth-order valence-electron chi connectivity index (χ4n) is 1.78. The van der Waals surface area contributed by atoms with Crippen LogP contribution in [0, 0.1) is 0 Å². The first-order valence-corrected chi connectivity index (χ1v) is 7.10. The molecule has 2 rings (SSSR count). The maximum Gasteiger partial charge on any atom is 0.258 e. The Bertz CT molecular complexity index is 533. The molecule has 1 fully saturated rings. The van der Waals surface area contributed by atoms with Gasteiger partial charge in [-0.3, -0.25) is 4.79 Å². The average molecular weight is 272 g/mol. The van der Waals surface area contributed by atoms with Gasteiger partial charge in [-0.2, -0.15) is 0 Å². The van der Waals surface area contributed by atoms with Gasteiger partial charge in [-0.1, -0.05) is 0 Å². The van der Waals surface area contributed by atoms with Crippen molar-refractivity contribution >= 4 is 15.9 Å². The maximum atomic E-state index is 11.8. The van der Waals surface area contributed by atoms with Gasteiger partial charge in [0.25, 0.3) is 15.9 Å². The molecule has 1 N–H and O–H groups in total. The molecule has 100 valence electrons. The number of sulfonamides is 1. The van der Waals surface area contributed by atoms with Gasteiger partial charge in [-0.05, 0) is 19.9 Å². The van der Waals surface area contributed by atoms with Crippen molar-refractivity contribution in [2.45, 2.75) is 25.1 Å². The third kappa shape index (κ3) is 1.93. The lowest BCUT2D eigenvalue weighted by Crippen LogP contribution is -2.67. The first-order valence-electron chi connectivity index (χ1n) is 5.66. The molecule has 0 radical (unpaired) electrons. The van der Waals surface area contributed by atoms with Gasteiger partial charge in [0.05, 0.1) is 12.5 Å². The molecule has 0 spiro atoms. The molecule has 7 heteroatoms. The summed E-state index contributed by atoms with van der Waals surface area (Å²) in [6.45, 7) is 4.04. The van der Waals surface area contributed by atoms with Crippen LogP contribution in [-0.2, 0) is 21.4 Å². The van der Waals surface area contributed by atoms with Gasteiger partial charge >= 0.3 is 0 Å². The Kier molecular flexibility index (Phi) is 3.20. The van der Waals surface area contributed by atoms with Crippen molar-refractivity contribution in [3.8, 4) is 0 Å². The van der Waals surface area contributed by atoms with Crippen molar-refractivity contribution in [1.29, 1.82) is 0 Å². The predicted octanol–water partition coefficient (Wildman–Crippen LogP) is 0.320.